The molecule has 1 aliphatic rings. The monoisotopic (exact) mass is 261 g/mol. The molecule has 19 heavy (non-hydrogen) atoms. The Balaban J connectivity index is 2.06. The average molecular weight is 261 g/mol. The Morgan fingerprint density at radius 1 is 1.37 bits per heavy atom. The first-order chi connectivity index (χ1) is 9.16. The van der Waals surface area contributed by atoms with Crippen LogP contribution in [-0.4, -0.2) is 20.2 Å². The van der Waals surface area contributed by atoms with Crippen molar-refractivity contribution in [3.63, 3.8) is 0 Å². The van der Waals surface area contributed by atoms with Gasteiger partial charge in [-0.05, 0) is 47.4 Å². The Morgan fingerprint density at radius 3 is 2.95 bits per heavy atom. The number of nitrogens with two attached hydrogens (primary N) is 1. The molecule has 5 nitrogen and oxygen atoms in total. The molecule has 1 heterocycles. The second kappa shape index (κ2) is 4.60. The average Bonchev–Trinajstić information content (AvgIpc) is 3.00. The van der Waals surface area contributed by atoms with E-state index < -0.39 is 0 Å². The Labute approximate surface area is 110 Å². The number of nitrogen functional groups attached to an aromatic ring is 1. The third-order valence-electron chi connectivity index (χ3n) is 3.88. The molecule has 1 fully saturated rings. The van der Waals surface area contributed by atoms with Gasteiger partial charge in [-0.3, -0.25) is 0 Å². The van der Waals surface area contributed by atoms with Crippen LogP contribution in [0.4, 0.5) is 10.1 Å². The fourth-order valence-corrected chi connectivity index (χ4v) is 2.81. The van der Waals surface area contributed by atoms with Crippen molar-refractivity contribution in [1.82, 2.24) is 20.2 Å². The quantitative estimate of drug-likeness (QED) is 0.843. The van der Waals surface area contributed by atoms with E-state index >= 15 is 0 Å². The lowest BCUT2D eigenvalue weighted by Crippen LogP contribution is -2.15. The molecule has 1 aromatic heterocycles. The summed E-state index contributed by atoms with van der Waals surface area (Å²) in [5.41, 5.74) is 6.96. The van der Waals surface area contributed by atoms with E-state index in [4.69, 9.17) is 5.73 Å². The summed E-state index contributed by atoms with van der Waals surface area (Å²) in [6, 6.07) is 4.54. The van der Waals surface area contributed by atoms with Gasteiger partial charge in [0.1, 0.15) is 5.82 Å². The molecule has 2 aromatic rings. The van der Waals surface area contributed by atoms with Gasteiger partial charge >= 0.3 is 0 Å². The highest BCUT2D eigenvalue weighted by atomic mass is 19.1. The second-order valence-corrected chi connectivity index (χ2v) is 5.15. The van der Waals surface area contributed by atoms with E-state index in [-0.39, 0.29) is 11.9 Å². The minimum absolute atomic E-state index is 0.271. The molecule has 0 radical (unpaired) electrons. The molecule has 0 saturated heterocycles. The van der Waals surface area contributed by atoms with Crippen LogP contribution >= 0.6 is 0 Å². The number of rotatable bonds is 2. The predicted octanol–water partition coefficient (Wildman–Crippen LogP) is 2.42. The smallest absolute Gasteiger partial charge is 0.184 e. The number of halogens is 1. The Kier molecular flexibility index (Phi) is 2.93. The number of anilines is 1. The normalized spacial score (nSPS) is 22.8. The van der Waals surface area contributed by atoms with Crippen molar-refractivity contribution in [3.8, 4) is 11.4 Å². The van der Waals surface area contributed by atoms with Crippen LogP contribution in [0.2, 0.25) is 0 Å². The van der Waals surface area contributed by atoms with Crippen LogP contribution in [0.1, 0.15) is 32.2 Å². The standard InChI is InChI=1S/C13H16FN5/c1-8-3-2-4-12(8)19-13(16-17-18-19)10-7-9(14)5-6-11(10)15/h5-8,12H,2-4,15H2,1H3. The fourth-order valence-electron chi connectivity index (χ4n) is 2.81. The maximum atomic E-state index is 13.4. The van der Waals surface area contributed by atoms with E-state index in [1.54, 1.807) is 10.7 Å². The van der Waals surface area contributed by atoms with Crippen molar-refractivity contribution in [3.05, 3.63) is 24.0 Å². The first-order valence-electron chi connectivity index (χ1n) is 6.50. The number of hydrogen-bond donors (Lipinski definition) is 1. The van der Waals surface area contributed by atoms with Crippen molar-refractivity contribution in [1.29, 1.82) is 0 Å². The molecular weight excluding hydrogens is 245 g/mol. The zero-order valence-electron chi connectivity index (χ0n) is 10.8. The van der Waals surface area contributed by atoms with Gasteiger partial charge in [0.05, 0.1) is 6.04 Å². The summed E-state index contributed by atoms with van der Waals surface area (Å²) in [4.78, 5) is 0. The van der Waals surface area contributed by atoms with Crippen LogP contribution in [0.15, 0.2) is 18.2 Å². The summed E-state index contributed by atoms with van der Waals surface area (Å²) in [6.07, 6.45) is 3.39. The van der Waals surface area contributed by atoms with Gasteiger partial charge in [0, 0.05) is 11.3 Å². The molecule has 1 aromatic carbocycles. The van der Waals surface area contributed by atoms with Gasteiger partial charge in [0.2, 0.25) is 0 Å². The van der Waals surface area contributed by atoms with Crippen LogP contribution in [0.5, 0.6) is 0 Å². The van der Waals surface area contributed by atoms with Crippen molar-refractivity contribution in [2.24, 2.45) is 5.92 Å². The lowest BCUT2D eigenvalue weighted by molar-refractivity contribution is 0.370. The fraction of sp³-hybridized carbons (Fsp3) is 0.462. The van der Waals surface area contributed by atoms with Crippen molar-refractivity contribution < 1.29 is 4.39 Å². The number of benzene rings is 1. The maximum Gasteiger partial charge on any atom is 0.184 e. The summed E-state index contributed by atoms with van der Waals surface area (Å²) in [7, 11) is 0. The van der Waals surface area contributed by atoms with Gasteiger partial charge in [-0.25, -0.2) is 9.07 Å². The largest absolute Gasteiger partial charge is 0.398 e. The molecule has 2 atom stereocenters. The topological polar surface area (TPSA) is 69.6 Å². The molecule has 1 aliphatic carbocycles. The minimum Gasteiger partial charge on any atom is -0.398 e. The summed E-state index contributed by atoms with van der Waals surface area (Å²) in [6.45, 7) is 2.19. The van der Waals surface area contributed by atoms with Gasteiger partial charge in [0.15, 0.2) is 5.82 Å². The molecule has 0 spiro atoms. The van der Waals surface area contributed by atoms with Gasteiger partial charge in [-0.15, -0.1) is 5.10 Å². The molecule has 0 amide bonds. The first kappa shape index (κ1) is 12.1. The minimum atomic E-state index is -0.335. The van der Waals surface area contributed by atoms with Crippen LogP contribution in [0.25, 0.3) is 11.4 Å². The van der Waals surface area contributed by atoms with E-state index in [1.807, 2.05) is 0 Å². The second-order valence-electron chi connectivity index (χ2n) is 5.15. The number of aromatic nitrogens is 4. The van der Waals surface area contributed by atoms with Gasteiger partial charge in [-0.1, -0.05) is 13.3 Å². The Morgan fingerprint density at radius 2 is 2.21 bits per heavy atom. The highest BCUT2D eigenvalue weighted by molar-refractivity contribution is 5.71. The molecule has 0 aliphatic heterocycles. The lowest BCUT2D eigenvalue weighted by Gasteiger charge is -2.17. The third kappa shape index (κ3) is 2.07. The summed E-state index contributed by atoms with van der Waals surface area (Å²) < 4.78 is 15.2. The SMILES string of the molecule is CC1CCCC1n1nnnc1-c1cc(F)ccc1N. The summed E-state index contributed by atoms with van der Waals surface area (Å²) >= 11 is 0. The van der Waals surface area contributed by atoms with Gasteiger partial charge in [0.25, 0.3) is 0 Å². The van der Waals surface area contributed by atoms with Gasteiger partial charge < -0.3 is 5.73 Å². The number of nitrogens with zero attached hydrogens (tertiary/aromatic N) is 4. The lowest BCUT2D eigenvalue weighted by atomic mass is 10.1. The zero-order chi connectivity index (χ0) is 13.4. The summed E-state index contributed by atoms with van der Waals surface area (Å²) in [5, 5.41) is 11.8. The molecule has 2 N–H and O–H groups in total. The van der Waals surface area contributed by atoms with Crippen LogP contribution < -0.4 is 5.73 Å². The third-order valence-corrected chi connectivity index (χ3v) is 3.88. The number of hydrogen-bond acceptors (Lipinski definition) is 4. The molecule has 3 rings (SSSR count). The molecule has 6 heteroatoms. The van der Waals surface area contributed by atoms with Crippen LogP contribution in [-0.2, 0) is 0 Å². The van der Waals surface area contributed by atoms with Crippen molar-refractivity contribution in [2.45, 2.75) is 32.2 Å². The highest BCUT2D eigenvalue weighted by Crippen LogP contribution is 2.37. The van der Waals surface area contributed by atoms with Crippen molar-refractivity contribution in [2.75, 3.05) is 5.73 Å². The predicted molar refractivity (Wildman–Crippen MR) is 69.7 cm³/mol. The maximum absolute atomic E-state index is 13.4. The van der Waals surface area contributed by atoms with E-state index in [2.05, 4.69) is 22.4 Å². The number of tetrazole rings is 1. The molecule has 1 saturated carbocycles. The Bertz CT molecular complexity index is 594. The zero-order valence-corrected chi connectivity index (χ0v) is 10.8. The first-order valence-corrected chi connectivity index (χ1v) is 6.50. The molecule has 0 bridgehead atoms. The highest BCUT2D eigenvalue weighted by Gasteiger charge is 2.29. The van der Waals surface area contributed by atoms with E-state index in [1.165, 1.54) is 25.0 Å². The Hall–Kier alpha value is -1.98. The van der Waals surface area contributed by atoms with Gasteiger partial charge in [-0.2, -0.15) is 0 Å². The molecular formula is C13H16FN5. The van der Waals surface area contributed by atoms with Crippen LogP contribution in [0, 0.1) is 11.7 Å². The van der Waals surface area contributed by atoms with E-state index in [9.17, 15) is 4.39 Å². The van der Waals surface area contributed by atoms with Crippen molar-refractivity contribution >= 4 is 5.69 Å². The van der Waals surface area contributed by atoms with Crippen LogP contribution in [0.3, 0.4) is 0 Å². The van der Waals surface area contributed by atoms with E-state index in [0.717, 1.165) is 6.42 Å². The molecule has 100 valence electrons. The van der Waals surface area contributed by atoms with E-state index in [0.29, 0.717) is 23.0 Å². The molecule has 2 unspecified atom stereocenters. The summed E-state index contributed by atoms with van der Waals surface area (Å²) in [5.74, 6) is 0.742.